The van der Waals surface area contributed by atoms with Crippen molar-refractivity contribution in [3.05, 3.63) is 35.4 Å². The van der Waals surface area contributed by atoms with Crippen LogP contribution in [0.1, 0.15) is 25.0 Å². The summed E-state index contributed by atoms with van der Waals surface area (Å²) in [5, 5.41) is 3.24. The minimum Gasteiger partial charge on any atom is -0.383 e. The van der Waals surface area contributed by atoms with Crippen LogP contribution in [0.3, 0.4) is 0 Å². The Kier molecular flexibility index (Phi) is 7.88. The first-order chi connectivity index (χ1) is 10.0. The van der Waals surface area contributed by atoms with Crippen LogP contribution < -0.4 is 5.32 Å². The molecule has 0 spiro atoms. The summed E-state index contributed by atoms with van der Waals surface area (Å²) in [6, 6.07) is 7.71. The maximum Gasteiger partial charge on any atom is 0.218 e. The lowest BCUT2D eigenvalue weighted by molar-refractivity contribution is 0.180. The van der Waals surface area contributed by atoms with Gasteiger partial charge in [-0.2, -0.15) is 4.31 Å². The van der Waals surface area contributed by atoms with Gasteiger partial charge in [0.25, 0.3) is 0 Å². The Balaban J connectivity index is 2.77. The second-order valence-electron chi connectivity index (χ2n) is 4.84. The summed E-state index contributed by atoms with van der Waals surface area (Å²) < 4.78 is 31.3. The second kappa shape index (κ2) is 9.15. The van der Waals surface area contributed by atoms with Crippen LogP contribution >= 0.6 is 0 Å². The van der Waals surface area contributed by atoms with Crippen molar-refractivity contribution in [1.82, 2.24) is 9.62 Å². The Labute approximate surface area is 128 Å². The highest BCUT2D eigenvalue weighted by Crippen LogP contribution is 2.13. The van der Waals surface area contributed by atoms with Gasteiger partial charge in [-0.05, 0) is 17.7 Å². The first-order valence-corrected chi connectivity index (χ1v) is 8.89. The molecule has 1 aromatic carbocycles. The Morgan fingerprint density at radius 3 is 2.57 bits per heavy atom. The standard InChI is InChI=1S/C15H26N2O3S/c1-4-16-12-14-7-6-8-15(11-14)13-21(18,19)17(5-2)9-10-20-3/h6-8,11,16H,4-5,9-10,12-13H2,1-3H3. The van der Waals surface area contributed by atoms with Crippen LogP contribution in [0.4, 0.5) is 0 Å². The molecule has 0 saturated carbocycles. The number of hydrogen-bond donors (Lipinski definition) is 1. The van der Waals surface area contributed by atoms with Gasteiger partial charge in [-0.15, -0.1) is 0 Å². The molecule has 0 saturated heterocycles. The van der Waals surface area contributed by atoms with Crippen molar-refractivity contribution in [1.29, 1.82) is 0 Å². The molecule has 0 heterocycles. The molecule has 1 rings (SSSR count). The molecular formula is C15H26N2O3S. The van der Waals surface area contributed by atoms with Crippen LogP contribution in [0.25, 0.3) is 0 Å². The minimum atomic E-state index is -3.30. The molecule has 21 heavy (non-hydrogen) atoms. The average molecular weight is 314 g/mol. The predicted molar refractivity (Wildman–Crippen MR) is 85.6 cm³/mol. The zero-order chi connectivity index (χ0) is 15.7. The zero-order valence-electron chi connectivity index (χ0n) is 13.1. The Morgan fingerprint density at radius 1 is 1.24 bits per heavy atom. The van der Waals surface area contributed by atoms with E-state index in [9.17, 15) is 8.42 Å². The Morgan fingerprint density at radius 2 is 1.95 bits per heavy atom. The SMILES string of the molecule is CCNCc1cccc(CS(=O)(=O)N(CC)CCOC)c1. The third kappa shape index (κ3) is 6.13. The summed E-state index contributed by atoms with van der Waals surface area (Å²) in [5.74, 6) is 0.0323. The number of sulfonamides is 1. The van der Waals surface area contributed by atoms with Crippen molar-refractivity contribution in [2.24, 2.45) is 0 Å². The van der Waals surface area contributed by atoms with Gasteiger partial charge in [0.1, 0.15) is 0 Å². The highest BCUT2D eigenvalue weighted by Gasteiger charge is 2.20. The van der Waals surface area contributed by atoms with E-state index in [1.807, 2.05) is 38.1 Å². The number of nitrogens with one attached hydrogen (secondary N) is 1. The summed E-state index contributed by atoms with van der Waals surface area (Å²) in [4.78, 5) is 0. The second-order valence-corrected chi connectivity index (χ2v) is 6.81. The number of methoxy groups -OCH3 is 1. The van der Waals surface area contributed by atoms with Gasteiger partial charge >= 0.3 is 0 Å². The third-order valence-electron chi connectivity index (χ3n) is 3.21. The summed E-state index contributed by atoms with van der Waals surface area (Å²) in [5.41, 5.74) is 1.92. The molecule has 120 valence electrons. The maximum atomic E-state index is 12.4. The molecule has 0 radical (unpaired) electrons. The lowest BCUT2D eigenvalue weighted by Crippen LogP contribution is -2.34. The number of rotatable bonds is 10. The molecule has 0 bridgehead atoms. The van der Waals surface area contributed by atoms with E-state index < -0.39 is 10.0 Å². The molecule has 0 aliphatic rings. The molecular weight excluding hydrogens is 288 g/mol. The highest BCUT2D eigenvalue weighted by molar-refractivity contribution is 7.88. The molecule has 0 aliphatic carbocycles. The van der Waals surface area contributed by atoms with Crippen molar-refractivity contribution in [2.75, 3.05) is 33.4 Å². The highest BCUT2D eigenvalue weighted by atomic mass is 32.2. The number of ether oxygens (including phenoxy) is 1. The summed E-state index contributed by atoms with van der Waals surface area (Å²) in [6.07, 6.45) is 0. The predicted octanol–water partition coefficient (Wildman–Crippen LogP) is 1.59. The molecule has 6 heteroatoms. The van der Waals surface area contributed by atoms with Gasteiger partial charge in [-0.3, -0.25) is 0 Å². The van der Waals surface area contributed by atoms with Crippen LogP contribution in [-0.2, 0) is 27.1 Å². The average Bonchev–Trinajstić information content (AvgIpc) is 2.45. The summed E-state index contributed by atoms with van der Waals surface area (Å²) >= 11 is 0. The van der Waals surface area contributed by atoms with Crippen LogP contribution in [0.15, 0.2) is 24.3 Å². The molecule has 5 nitrogen and oxygen atoms in total. The number of hydrogen-bond acceptors (Lipinski definition) is 4. The number of likely N-dealkylation sites (N-methyl/N-ethyl adjacent to an activating group) is 1. The van der Waals surface area contributed by atoms with E-state index in [4.69, 9.17) is 4.74 Å². The molecule has 0 amide bonds. The lowest BCUT2D eigenvalue weighted by Gasteiger charge is -2.20. The van der Waals surface area contributed by atoms with Gasteiger partial charge in [0, 0.05) is 26.7 Å². The van der Waals surface area contributed by atoms with Gasteiger partial charge < -0.3 is 10.1 Å². The van der Waals surface area contributed by atoms with Crippen molar-refractivity contribution in [2.45, 2.75) is 26.1 Å². The first-order valence-electron chi connectivity index (χ1n) is 7.28. The van der Waals surface area contributed by atoms with Crippen molar-refractivity contribution in [3.63, 3.8) is 0 Å². The van der Waals surface area contributed by atoms with Gasteiger partial charge in [-0.1, -0.05) is 38.1 Å². The van der Waals surface area contributed by atoms with Crippen molar-refractivity contribution >= 4 is 10.0 Å². The van der Waals surface area contributed by atoms with Gasteiger partial charge in [0.15, 0.2) is 0 Å². The molecule has 0 unspecified atom stereocenters. The van der Waals surface area contributed by atoms with E-state index in [0.717, 1.165) is 24.2 Å². The maximum absolute atomic E-state index is 12.4. The van der Waals surface area contributed by atoms with Gasteiger partial charge in [-0.25, -0.2) is 8.42 Å². The van der Waals surface area contributed by atoms with Crippen LogP contribution in [0, 0.1) is 0 Å². The smallest absolute Gasteiger partial charge is 0.218 e. The fourth-order valence-electron chi connectivity index (χ4n) is 2.09. The largest absolute Gasteiger partial charge is 0.383 e. The van der Waals surface area contributed by atoms with E-state index in [2.05, 4.69) is 5.32 Å². The molecule has 0 atom stereocenters. The molecule has 0 fully saturated rings. The van der Waals surface area contributed by atoms with Gasteiger partial charge in [0.05, 0.1) is 12.4 Å². The van der Waals surface area contributed by atoms with Crippen LogP contribution in [0.2, 0.25) is 0 Å². The van der Waals surface area contributed by atoms with Crippen molar-refractivity contribution in [3.8, 4) is 0 Å². The van der Waals surface area contributed by atoms with E-state index in [0.29, 0.717) is 19.7 Å². The zero-order valence-corrected chi connectivity index (χ0v) is 13.9. The fraction of sp³-hybridized carbons (Fsp3) is 0.600. The van der Waals surface area contributed by atoms with E-state index in [1.165, 1.54) is 4.31 Å². The minimum absolute atomic E-state index is 0.0323. The number of benzene rings is 1. The monoisotopic (exact) mass is 314 g/mol. The molecule has 1 aromatic rings. The third-order valence-corrected chi connectivity index (χ3v) is 5.14. The van der Waals surface area contributed by atoms with E-state index >= 15 is 0 Å². The van der Waals surface area contributed by atoms with Gasteiger partial charge in [0.2, 0.25) is 10.0 Å². The normalized spacial score (nSPS) is 12.0. The fourth-order valence-corrected chi connectivity index (χ4v) is 3.62. The molecule has 0 aliphatic heterocycles. The summed E-state index contributed by atoms with van der Waals surface area (Å²) in [7, 11) is -1.73. The van der Waals surface area contributed by atoms with Crippen LogP contribution in [0.5, 0.6) is 0 Å². The molecule has 0 aromatic heterocycles. The van der Waals surface area contributed by atoms with Crippen LogP contribution in [-0.4, -0.2) is 46.1 Å². The van der Waals surface area contributed by atoms with Crippen molar-refractivity contribution < 1.29 is 13.2 Å². The quantitative estimate of drug-likeness (QED) is 0.712. The summed E-state index contributed by atoms with van der Waals surface area (Å²) in [6.45, 7) is 6.80. The van der Waals surface area contributed by atoms with E-state index in [-0.39, 0.29) is 5.75 Å². The lowest BCUT2D eigenvalue weighted by atomic mass is 10.1. The topological polar surface area (TPSA) is 58.6 Å². The first kappa shape index (κ1) is 18.1. The number of nitrogens with zero attached hydrogens (tertiary/aromatic N) is 1. The molecule has 1 N–H and O–H groups in total. The van der Waals surface area contributed by atoms with E-state index in [1.54, 1.807) is 7.11 Å². The Bertz CT molecular complexity index is 517. The Hall–Kier alpha value is -0.950.